The molecule has 0 bridgehead atoms. The van der Waals surface area contributed by atoms with Crippen LogP contribution in [0.5, 0.6) is 5.88 Å². The van der Waals surface area contributed by atoms with Crippen molar-refractivity contribution in [3.05, 3.63) is 26.9 Å². The average molecular weight is 315 g/mol. The number of nitrogens with zero attached hydrogens (tertiary/aromatic N) is 2. The molecule has 5 nitrogen and oxygen atoms in total. The number of aromatic nitrogens is 1. The molecule has 1 heterocycles. The first-order valence-electron chi connectivity index (χ1n) is 4.25. The van der Waals surface area contributed by atoms with Gasteiger partial charge in [-0.25, -0.2) is 4.98 Å². The molecule has 1 aromatic heterocycles. The molecule has 0 N–H and O–H groups in total. The van der Waals surface area contributed by atoms with E-state index in [1.807, 2.05) is 0 Å². The lowest BCUT2D eigenvalue weighted by Gasteiger charge is -2.16. The van der Waals surface area contributed by atoms with Gasteiger partial charge in [-0.3, -0.25) is 10.1 Å². The average Bonchev–Trinajstić information content (AvgIpc) is 2.18. The predicted octanol–water partition coefficient (Wildman–Crippen LogP) is 3.08. The summed E-state index contributed by atoms with van der Waals surface area (Å²) in [7, 11) is 0. The van der Waals surface area contributed by atoms with Gasteiger partial charge in [0.15, 0.2) is 6.10 Å². The van der Waals surface area contributed by atoms with Gasteiger partial charge in [0, 0.05) is 16.7 Å². The topological polar surface area (TPSA) is 65.3 Å². The number of halogens is 4. The first-order chi connectivity index (χ1) is 7.71. The summed E-state index contributed by atoms with van der Waals surface area (Å²) in [5.41, 5.74) is -0.629. The minimum atomic E-state index is -4.61. The second-order valence-corrected chi connectivity index (χ2v) is 3.95. The van der Waals surface area contributed by atoms with Crippen molar-refractivity contribution in [3.8, 4) is 5.88 Å². The molecule has 0 aliphatic heterocycles. The summed E-state index contributed by atoms with van der Waals surface area (Å²) < 4.78 is 41.3. The molecule has 1 unspecified atom stereocenters. The molecule has 0 spiro atoms. The number of alkyl halides is 3. The number of hydrogen-bond donors (Lipinski definition) is 0. The maximum atomic E-state index is 12.2. The Morgan fingerprint density at radius 3 is 2.65 bits per heavy atom. The molecule has 1 rings (SSSR count). The highest BCUT2D eigenvalue weighted by atomic mass is 79.9. The summed E-state index contributed by atoms with van der Waals surface area (Å²) >= 11 is 2.93. The molecule has 0 fully saturated rings. The standard InChI is InChI=1S/C8H6BrF3N2O3/c1-4(8(10,11)12)17-7-6(14(15)16)2-5(9)3-13-7/h2-4H,1H3. The molecule has 1 atom stereocenters. The van der Waals surface area contributed by atoms with Crippen molar-refractivity contribution in [2.75, 3.05) is 0 Å². The van der Waals surface area contributed by atoms with Gasteiger partial charge in [-0.05, 0) is 22.9 Å². The highest BCUT2D eigenvalue weighted by Gasteiger charge is 2.39. The fourth-order valence-corrected chi connectivity index (χ4v) is 1.19. The van der Waals surface area contributed by atoms with E-state index < -0.39 is 28.8 Å². The van der Waals surface area contributed by atoms with Crippen LogP contribution in [0.3, 0.4) is 0 Å². The minimum absolute atomic E-state index is 0.274. The number of rotatable bonds is 3. The summed E-state index contributed by atoms with van der Waals surface area (Å²) in [6.45, 7) is 0.744. The maximum Gasteiger partial charge on any atom is 0.425 e. The minimum Gasteiger partial charge on any atom is -0.460 e. The maximum absolute atomic E-state index is 12.2. The van der Waals surface area contributed by atoms with Gasteiger partial charge in [0.2, 0.25) is 0 Å². The van der Waals surface area contributed by atoms with Crippen LogP contribution in [0, 0.1) is 10.1 Å². The van der Waals surface area contributed by atoms with Gasteiger partial charge in [0.25, 0.3) is 5.88 Å². The lowest BCUT2D eigenvalue weighted by molar-refractivity contribution is -0.386. The van der Waals surface area contributed by atoms with Crippen LogP contribution < -0.4 is 4.74 Å². The summed E-state index contributed by atoms with van der Waals surface area (Å²) in [5.74, 6) is -0.664. The van der Waals surface area contributed by atoms with Gasteiger partial charge in [0.1, 0.15) is 0 Å². The van der Waals surface area contributed by atoms with Crippen LogP contribution >= 0.6 is 15.9 Å². The van der Waals surface area contributed by atoms with Crippen LogP contribution in [-0.2, 0) is 0 Å². The highest BCUT2D eigenvalue weighted by Crippen LogP contribution is 2.31. The molecule has 1 aromatic rings. The van der Waals surface area contributed by atoms with E-state index in [1.165, 1.54) is 0 Å². The second kappa shape index (κ2) is 4.86. The van der Waals surface area contributed by atoms with E-state index in [4.69, 9.17) is 0 Å². The Hall–Kier alpha value is -1.38. The van der Waals surface area contributed by atoms with Gasteiger partial charge < -0.3 is 4.74 Å². The smallest absolute Gasteiger partial charge is 0.425 e. The third-order valence-corrected chi connectivity index (χ3v) is 2.18. The van der Waals surface area contributed by atoms with E-state index in [9.17, 15) is 23.3 Å². The summed E-state index contributed by atoms with van der Waals surface area (Å²) in [5, 5.41) is 10.6. The molecular weight excluding hydrogens is 309 g/mol. The van der Waals surface area contributed by atoms with Crippen LogP contribution in [0.15, 0.2) is 16.7 Å². The summed E-state index contributed by atoms with van der Waals surface area (Å²) in [6, 6.07) is 1.02. The largest absolute Gasteiger partial charge is 0.460 e. The van der Waals surface area contributed by atoms with E-state index in [2.05, 4.69) is 25.7 Å². The molecule has 0 saturated carbocycles. The third-order valence-electron chi connectivity index (χ3n) is 1.74. The fourth-order valence-electron chi connectivity index (χ4n) is 0.872. The Balaban J connectivity index is 3.03. The molecule has 17 heavy (non-hydrogen) atoms. The lowest BCUT2D eigenvalue weighted by atomic mass is 10.4. The molecule has 0 aliphatic carbocycles. The highest BCUT2D eigenvalue weighted by molar-refractivity contribution is 9.10. The van der Waals surface area contributed by atoms with Gasteiger partial charge in [0.05, 0.1) is 4.92 Å². The molecule has 94 valence electrons. The lowest BCUT2D eigenvalue weighted by Crippen LogP contribution is -2.31. The third kappa shape index (κ3) is 3.55. The van der Waals surface area contributed by atoms with Crippen molar-refractivity contribution in [3.63, 3.8) is 0 Å². The number of nitro groups is 1. The van der Waals surface area contributed by atoms with Gasteiger partial charge >= 0.3 is 11.9 Å². The van der Waals surface area contributed by atoms with E-state index in [0.717, 1.165) is 19.2 Å². The zero-order valence-corrected chi connectivity index (χ0v) is 9.95. The summed E-state index contributed by atoms with van der Waals surface area (Å²) in [6.07, 6.45) is -5.66. The first kappa shape index (κ1) is 13.7. The number of pyridine rings is 1. The Morgan fingerprint density at radius 2 is 2.18 bits per heavy atom. The normalized spacial score (nSPS) is 13.2. The van der Waals surface area contributed by atoms with Crippen LogP contribution in [0.4, 0.5) is 18.9 Å². The Labute approximate surface area is 102 Å². The monoisotopic (exact) mass is 314 g/mol. The van der Waals surface area contributed by atoms with Crippen LogP contribution in [-0.4, -0.2) is 22.2 Å². The van der Waals surface area contributed by atoms with Crippen LogP contribution in [0.25, 0.3) is 0 Å². The Bertz CT molecular complexity index is 439. The zero-order chi connectivity index (χ0) is 13.2. The quantitative estimate of drug-likeness (QED) is 0.635. The Kier molecular flexibility index (Phi) is 3.91. The fraction of sp³-hybridized carbons (Fsp3) is 0.375. The SMILES string of the molecule is CC(Oc1ncc(Br)cc1[N+](=O)[O-])C(F)(F)F. The van der Waals surface area contributed by atoms with Crippen molar-refractivity contribution < 1.29 is 22.8 Å². The predicted molar refractivity (Wildman–Crippen MR) is 54.7 cm³/mol. The number of ether oxygens (including phenoxy) is 1. The van der Waals surface area contributed by atoms with Gasteiger partial charge in [-0.1, -0.05) is 0 Å². The van der Waals surface area contributed by atoms with E-state index in [1.54, 1.807) is 0 Å². The molecule has 0 aliphatic rings. The molecule has 0 saturated heterocycles. The molecule has 9 heteroatoms. The van der Waals surface area contributed by atoms with E-state index >= 15 is 0 Å². The van der Waals surface area contributed by atoms with E-state index in [0.29, 0.717) is 0 Å². The second-order valence-electron chi connectivity index (χ2n) is 3.04. The van der Waals surface area contributed by atoms with Crippen molar-refractivity contribution in [2.24, 2.45) is 0 Å². The van der Waals surface area contributed by atoms with Crippen molar-refractivity contribution >= 4 is 21.6 Å². The van der Waals surface area contributed by atoms with Crippen molar-refractivity contribution in [2.45, 2.75) is 19.2 Å². The zero-order valence-electron chi connectivity index (χ0n) is 8.36. The van der Waals surface area contributed by atoms with Gasteiger partial charge in [-0.15, -0.1) is 0 Å². The summed E-state index contributed by atoms with van der Waals surface area (Å²) in [4.78, 5) is 13.2. The first-order valence-corrected chi connectivity index (χ1v) is 5.04. The van der Waals surface area contributed by atoms with Crippen molar-refractivity contribution in [1.82, 2.24) is 4.98 Å². The van der Waals surface area contributed by atoms with Crippen LogP contribution in [0.1, 0.15) is 6.92 Å². The van der Waals surface area contributed by atoms with Crippen LogP contribution in [0.2, 0.25) is 0 Å². The molecule has 0 radical (unpaired) electrons. The van der Waals surface area contributed by atoms with Crippen molar-refractivity contribution in [1.29, 1.82) is 0 Å². The molecular formula is C8H6BrF3N2O3. The Morgan fingerprint density at radius 1 is 1.59 bits per heavy atom. The molecule has 0 aromatic carbocycles. The van der Waals surface area contributed by atoms with E-state index in [-0.39, 0.29) is 4.47 Å². The van der Waals surface area contributed by atoms with Gasteiger partial charge in [-0.2, -0.15) is 13.2 Å². The number of hydrogen-bond acceptors (Lipinski definition) is 4. The molecule has 0 amide bonds.